The minimum Gasteiger partial charge on any atom is -0.506 e. The average molecular weight is 623 g/mol. The Morgan fingerprint density at radius 3 is 1.98 bits per heavy atom. The van der Waals surface area contributed by atoms with Crippen molar-refractivity contribution in [2.75, 3.05) is 20.3 Å². The molecule has 0 bridgehead atoms. The fraction of sp³-hybridized carbons (Fsp3) is 0.464. The van der Waals surface area contributed by atoms with Crippen molar-refractivity contribution in [1.82, 2.24) is 0 Å². The van der Waals surface area contributed by atoms with Crippen LogP contribution in [-0.2, 0) is 18.9 Å². The van der Waals surface area contributed by atoms with E-state index in [4.69, 9.17) is 23.7 Å². The van der Waals surface area contributed by atoms with Crippen LogP contribution in [0.3, 0.4) is 0 Å². The van der Waals surface area contributed by atoms with Crippen LogP contribution in [-0.4, -0.2) is 140 Å². The molecular formula is C28H30O16. The summed E-state index contributed by atoms with van der Waals surface area (Å²) in [5, 5.41) is 82.2. The van der Waals surface area contributed by atoms with E-state index in [1.165, 1.54) is 24.3 Å². The molecule has 8 N–H and O–H groups in total. The number of fused-ring (bicyclic) bond motifs is 2. The number of aliphatic hydroxyl groups excluding tert-OH is 7. The summed E-state index contributed by atoms with van der Waals surface area (Å²) < 4.78 is 26.6. The normalized spacial score (nSPS) is 33.4. The van der Waals surface area contributed by atoms with E-state index < -0.39 is 115 Å². The van der Waals surface area contributed by atoms with Crippen molar-refractivity contribution in [2.45, 2.75) is 61.4 Å². The maximum absolute atomic E-state index is 13.3. The molecule has 2 aliphatic heterocycles. The SMILES string of the molecule is COC(=O)c1c(O[C@@H]2O[C@H](CO[C@@H]3O[C@H](CO)[C@@H](O)[C@H](O)[C@H]3O)[C@@H](O)[C@H](O)[C@H]2O)cc2c(c1O)C(=O)c1ccccc1C2=O. The predicted molar refractivity (Wildman–Crippen MR) is 140 cm³/mol. The molecule has 0 saturated carbocycles. The maximum Gasteiger partial charge on any atom is 0.345 e. The number of carbonyl (C=O) groups is 3. The van der Waals surface area contributed by atoms with Crippen molar-refractivity contribution in [3.05, 3.63) is 58.1 Å². The van der Waals surface area contributed by atoms with Gasteiger partial charge in [-0.15, -0.1) is 0 Å². The molecular weight excluding hydrogens is 592 g/mol. The summed E-state index contributed by atoms with van der Waals surface area (Å²) >= 11 is 0. The van der Waals surface area contributed by atoms with Gasteiger partial charge in [-0.25, -0.2) is 4.79 Å². The van der Waals surface area contributed by atoms with Crippen LogP contribution in [0.4, 0.5) is 0 Å². The lowest BCUT2D eigenvalue weighted by Gasteiger charge is -2.42. The molecule has 2 saturated heterocycles. The predicted octanol–water partition coefficient (Wildman–Crippen LogP) is -3.04. The fourth-order valence-electron chi connectivity index (χ4n) is 5.28. The molecule has 1 aliphatic carbocycles. The molecule has 10 atom stereocenters. The second kappa shape index (κ2) is 12.4. The molecule has 2 heterocycles. The number of hydrogen-bond acceptors (Lipinski definition) is 16. The topological polar surface area (TPSA) is 259 Å². The van der Waals surface area contributed by atoms with Gasteiger partial charge in [-0.05, 0) is 6.07 Å². The average Bonchev–Trinajstić information content (AvgIpc) is 3.02. The van der Waals surface area contributed by atoms with E-state index >= 15 is 0 Å². The van der Waals surface area contributed by atoms with Gasteiger partial charge in [0.15, 0.2) is 17.9 Å². The standard InChI is InChI=1S/C28H30O16/c1-40-26(39)16-12(6-11-15(21(16)34)18(31)10-5-3-2-4-9(10)17(11)30)42-28-25(38)23(36)20(33)14(44-28)8-41-27-24(37)22(35)19(32)13(7-29)43-27/h2-6,13-14,19-20,22-25,27-29,32-38H,7-8H2,1H3/t13-,14-,19-,20-,22+,23+,24-,25-,27-,28-/m1/s1. The highest BCUT2D eigenvalue weighted by atomic mass is 16.7. The lowest BCUT2D eigenvalue weighted by Crippen LogP contribution is -2.62. The van der Waals surface area contributed by atoms with Crippen LogP contribution in [0.25, 0.3) is 0 Å². The van der Waals surface area contributed by atoms with E-state index in [1.807, 2.05) is 0 Å². The molecule has 16 heteroatoms. The van der Waals surface area contributed by atoms with Gasteiger partial charge in [0, 0.05) is 16.7 Å². The van der Waals surface area contributed by atoms with Gasteiger partial charge in [0.25, 0.3) is 0 Å². The number of benzene rings is 2. The zero-order valence-electron chi connectivity index (χ0n) is 22.9. The quantitative estimate of drug-likeness (QED) is 0.122. The third kappa shape index (κ3) is 5.34. The Morgan fingerprint density at radius 1 is 0.795 bits per heavy atom. The molecule has 3 aliphatic rings. The Labute approximate surface area is 248 Å². The number of phenols is 1. The van der Waals surface area contributed by atoms with E-state index in [-0.39, 0.29) is 16.7 Å². The molecule has 44 heavy (non-hydrogen) atoms. The van der Waals surface area contributed by atoms with Gasteiger partial charge in [0.05, 0.1) is 25.9 Å². The summed E-state index contributed by atoms with van der Waals surface area (Å²) in [5.41, 5.74) is -1.48. The van der Waals surface area contributed by atoms with Crippen molar-refractivity contribution in [1.29, 1.82) is 0 Å². The number of carbonyl (C=O) groups excluding carboxylic acids is 3. The summed E-state index contributed by atoms with van der Waals surface area (Å²) in [5.74, 6) is -4.13. The molecule has 0 amide bonds. The number of aliphatic hydroxyl groups is 7. The highest BCUT2D eigenvalue weighted by Crippen LogP contribution is 2.41. The van der Waals surface area contributed by atoms with Gasteiger partial charge in [-0.2, -0.15) is 0 Å². The van der Waals surface area contributed by atoms with E-state index in [0.717, 1.165) is 13.2 Å². The Morgan fingerprint density at radius 2 is 1.36 bits per heavy atom. The van der Waals surface area contributed by atoms with Gasteiger partial charge in [-0.3, -0.25) is 9.59 Å². The van der Waals surface area contributed by atoms with Gasteiger partial charge in [-0.1, -0.05) is 24.3 Å². The van der Waals surface area contributed by atoms with Crippen LogP contribution >= 0.6 is 0 Å². The summed E-state index contributed by atoms with van der Waals surface area (Å²) in [6, 6.07) is 6.80. The van der Waals surface area contributed by atoms with Gasteiger partial charge >= 0.3 is 5.97 Å². The largest absolute Gasteiger partial charge is 0.506 e. The maximum atomic E-state index is 13.3. The van der Waals surface area contributed by atoms with E-state index in [9.17, 15) is 55.2 Å². The van der Waals surface area contributed by atoms with E-state index in [2.05, 4.69) is 0 Å². The molecule has 238 valence electrons. The van der Waals surface area contributed by atoms with Crippen LogP contribution in [0.2, 0.25) is 0 Å². The Bertz CT molecular complexity index is 1440. The highest BCUT2D eigenvalue weighted by Gasteiger charge is 2.48. The van der Waals surface area contributed by atoms with Gasteiger partial charge < -0.3 is 64.5 Å². The number of ether oxygens (including phenoxy) is 5. The third-order valence-electron chi connectivity index (χ3n) is 7.73. The second-order valence-electron chi connectivity index (χ2n) is 10.4. The lowest BCUT2D eigenvalue weighted by atomic mass is 9.82. The monoisotopic (exact) mass is 622 g/mol. The van der Waals surface area contributed by atoms with Crippen LogP contribution in [0, 0.1) is 0 Å². The second-order valence-corrected chi connectivity index (χ2v) is 10.4. The minimum atomic E-state index is -1.98. The van der Waals surface area contributed by atoms with Crippen molar-refractivity contribution >= 4 is 17.5 Å². The molecule has 0 aromatic heterocycles. The number of phenolic OH excluding ortho intramolecular Hbond substituents is 1. The number of aromatic hydroxyl groups is 1. The minimum absolute atomic E-state index is 0.00447. The number of hydrogen-bond donors (Lipinski definition) is 8. The molecule has 2 aromatic carbocycles. The van der Waals surface area contributed by atoms with Gasteiger partial charge in [0.1, 0.15) is 65.9 Å². The Hall–Kier alpha value is -3.55. The fourth-order valence-corrected chi connectivity index (χ4v) is 5.28. The summed E-state index contributed by atoms with van der Waals surface area (Å²) in [6.45, 7) is -1.40. The Balaban J connectivity index is 1.43. The first-order chi connectivity index (χ1) is 20.9. The highest BCUT2D eigenvalue weighted by molar-refractivity contribution is 6.30. The zero-order valence-corrected chi connectivity index (χ0v) is 22.9. The third-order valence-corrected chi connectivity index (χ3v) is 7.73. The van der Waals surface area contributed by atoms with E-state index in [0.29, 0.717) is 0 Å². The van der Waals surface area contributed by atoms with Crippen molar-refractivity contribution < 1.29 is 78.9 Å². The summed E-state index contributed by atoms with van der Waals surface area (Å²) in [6.07, 6.45) is -17.3. The van der Waals surface area contributed by atoms with Crippen LogP contribution in [0.15, 0.2) is 30.3 Å². The number of ketones is 2. The first-order valence-corrected chi connectivity index (χ1v) is 13.4. The van der Waals surface area contributed by atoms with Crippen LogP contribution < -0.4 is 4.74 Å². The molecule has 5 rings (SSSR count). The molecule has 0 unspecified atom stereocenters. The Kier molecular flexibility index (Phi) is 9.01. The molecule has 16 nitrogen and oxygen atoms in total. The molecule has 0 radical (unpaired) electrons. The molecule has 2 fully saturated rings. The summed E-state index contributed by atoms with van der Waals surface area (Å²) in [4.78, 5) is 39.2. The van der Waals surface area contributed by atoms with Crippen molar-refractivity contribution in [3.63, 3.8) is 0 Å². The molecule has 0 spiro atoms. The van der Waals surface area contributed by atoms with Crippen molar-refractivity contribution in [2.24, 2.45) is 0 Å². The van der Waals surface area contributed by atoms with Gasteiger partial charge in [0.2, 0.25) is 6.29 Å². The van der Waals surface area contributed by atoms with Crippen LogP contribution in [0.1, 0.15) is 42.2 Å². The van der Waals surface area contributed by atoms with Crippen molar-refractivity contribution in [3.8, 4) is 11.5 Å². The lowest BCUT2D eigenvalue weighted by molar-refractivity contribution is -0.323. The molecule has 2 aromatic rings. The smallest absolute Gasteiger partial charge is 0.345 e. The van der Waals surface area contributed by atoms with E-state index in [1.54, 1.807) is 0 Å². The number of esters is 1. The first-order valence-electron chi connectivity index (χ1n) is 13.4. The number of rotatable bonds is 7. The van der Waals surface area contributed by atoms with Crippen LogP contribution in [0.5, 0.6) is 11.5 Å². The summed E-state index contributed by atoms with van der Waals surface area (Å²) in [7, 11) is 0.978. The zero-order chi connectivity index (χ0) is 32.0. The first kappa shape index (κ1) is 31.9. The number of methoxy groups -OCH3 is 1.